The van der Waals surface area contributed by atoms with Crippen molar-refractivity contribution in [1.82, 2.24) is 9.55 Å². The molecular weight excluding hydrogens is 283 g/mol. The quantitative estimate of drug-likeness (QED) is 0.701. The highest BCUT2D eigenvalue weighted by Gasteiger charge is 2.13. The zero-order valence-corrected chi connectivity index (χ0v) is 10.8. The van der Waals surface area contributed by atoms with Gasteiger partial charge in [0.2, 0.25) is 5.28 Å². The molecule has 0 aliphatic rings. The molecule has 3 aromatic rings. The number of aromatic nitrogens is 2. The predicted molar refractivity (Wildman–Crippen MR) is 74.0 cm³/mol. The fraction of sp³-hybridized carbons (Fsp3) is 0. The summed E-state index contributed by atoms with van der Waals surface area (Å²) in [6.07, 6.45) is 0. The van der Waals surface area contributed by atoms with Crippen LogP contribution in [0.3, 0.4) is 0 Å². The first-order valence-electron chi connectivity index (χ1n) is 5.74. The van der Waals surface area contributed by atoms with Crippen LogP contribution in [-0.4, -0.2) is 14.7 Å². The van der Waals surface area contributed by atoms with Gasteiger partial charge < -0.3 is 5.11 Å². The fourth-order valence-corrected chi connectivity index (χ4v) is 2.24. The van der Waals surface area contributed by atoms with E-state index in [4.69, 9.17) is 11.6 Å². The average molecular weight is 291 g/mol. The molecule has 4 nitrogen and oxygen atoms in total. The number of nitrogens with zero attached hydrogens (tertiary/aromatic N) is 2. The van der Waals surface area contributed by atoms with E-state index < -0.39 is 11.4 Å². The van der Waals surface area contributed by atoms with Gasteiger partial charge >= 0.3 is 0 Å². The molecular formula is C14H8ClFN2O2. The van der Waals surface area contributed by atoms with Crippen LogP contribution in [0.4, 0.5) is 4.39 Å². The summed E-state index contributed by atoms with van der Waals surface area (Å²) >= 11 is 6.00. The summed E-state index contributed by atoms with van der Waals surface area (Å²) in [6.45, 7) is 0. The predicted octanol–water partition coefficient (Wildman–Crippen LogP) is 2.88. The van der Waals surface area contributed by atoms with Crippen LogP contribution in [0.5, 0.6) is 5.75 Å². The number of halogens is 2. The number of phenolic OH excluding ortho intramolecular Hbond substituents is 1. The van der Waals surface area contributed by atoms with Crippen molar-refractivity contribution in [3.05, 3.63) is 63.9 Å². The largest absolute Gasteiger partial charge is 0.506 e. The van der Waals surface area contributed by atoms with Gasteiger partial charge in [-0.25, -0.2) is 9.37 Å². The number of aromatic hydroxyl groups is 1. The van der Waals surface area contributed by atoms with E-state index in [2.05, 4.69) is 4.98 Å². The number of hydrogen-bond donors (Lipinski definition) is 1. The third-order valence-corrected chi connectivity index (χ3v) is 3.18. The van der Waals surface area contributed by atoms with E-state index in [1.54, 1.807) is 12.1 Å². The molecule has 0 atom stereocenters. The molecule has 2 aromatic carbocycles. The Labute approximate surface area is 117 Å². The topological polar surface area (TPSA) is 55.1 Å². The molecule has 0 spiro atoms. The van der Waals surface area contributed by atoms with Crippen LogP contribution < -0.4 is 5.56 Å². The first-order chi connectivity index (χ1) is 9.58. The minimum Gasteiger partial charge on any atom is -0.506 e. The third-order valence-electron chi connectivity index (χ3n) is 2.92. The van der Waals surface area contributed by atoms with Gasteiger partial charge in [0.15, 0.2) is 0 Å². The zero-order chi connectivity index (χ0) is 14.3. The van der Waals surface area contributed by atoms with Gasteiger partial charge in [-0.05, 0) is 48.0 Å². The van der Waals surface area contributed by atoms with E-state index in [1.165, 1.54) is 30.3 Å². The molecule has 0 saturated carbocycles. The van der Waals surface area contributed by atoms with Gasteiger partial charge in [0.25, 0.3) is 5.56 Å². The molecule has 0 unspecified atom stereocenters. The molecule has 0 fully saturated rings. The average Bonchev–Trinajstić information content (AvgIpc) is 2.42. The van der Waals surface area contributed by atoms with Crippen LogP contribution in [0.25, 0.3) is 16.6 Å². The molecule has 0 aliphatic carbocycles. The Morgan fingerprint density at radius 3 is 2.55 bits per heavy atom. The number of fused-ring (bicyclic) bond motifs is 1. The van der Waals surface area contributed by atoms with Crippen molar-refractivity contribution in [2.45, 2.75) is 0 Å². The second-order valence-corrected chi connectivity index (χ2v) is 4.51. The summed E-state index contributed by atoms with van der Waals surface area (Å²) in [4.78, 5) is 16.4. The lowest BCUT2D eigenvalue weighted by Gasteiger charge is -2.09. The minimum absolute atomic E-state index is 0.101. The van der Waals surface area contributed by atoms with E-state index >= 15 is 0 Å². The molecule has 3 rings (SSSR count). The molecule has 1 aromatic heterocycles. The third kappa shape index (κ3) is 1.92. The number of para-hydroxylation sites is 1. The van der Waals surface area contributed by atoms with Crippen LogP contribution >= 0.6 is 11.6 Å². The maximum atomic E-state index is 12.9. The monoisotopic (exact) mass is 290 g/mol. The molecule has 20 heavy (non-hydrogen) atoms. The van der Waals surface area contributed by atoms with Gasteiger partial charge in [0, 0.05) is 0 Å². The summed E-state index contributed by atoms with van der Waals surface area (Å²) in [5.74, 6) is -0.530. The van der Waals surface area contributed by atoms with Gasteiger partial charge in [-0.15, -0.1) is 0 Å². The lowest BCUT2D eigenvalue weighted by atomic mass is 10.2. The Morgan fingerprint density at radius 1 is 1.15 bits per heavy atom. The van der Waals surface area contributed by atoms with Crippen LogP contribution in [0, 0.1) is 5.82 Å². The maximum absolute atomic E-state index is 12.9. The van der Waals surface area contributed by atoms with Crippen molar-refractivity contribution in [2.24, 2.45) is 0 Å². The molecule has 0 bridgehead atoms. The highest BCUT2D eigenvalue weighted by atomic mass is 35.5. The maximum Gasteiger partial charge on any atom is 0.267 e. The molecule has 1 N–H and O–H groups in total. The lowest BCUT2D eigenvalue weighted by Crippen LogP contribution is -2.20. The smallest absolute Gasteiger partial charge is 0.267 e. The minimum atomic E-state index is -0.428. The summed E-state index contributed by atoms with van der Waals surface area (Å²) in [5.41, 5.74) is 0.113. The van der Waals surface area contributed by atoms with E-state index in [0.717, 1.165) is 4.57 Å². The van der Waals surface area contributed by atoms with E-state index in [0.29, 0.717) is 5.69 Å². The van der Waals surface area contributed by atoms with E-state index in [9.17, 15) is 14.3 Å². The van der Waals surface area contributed by atoms with Crippen molar-refractivity contribution in [1.29, 1.82) is 0 Å². The van der Waals surface area contributed by atoms with Crippen molar-refractivity contribution < 1.29 is 9.50 Å². The Hall–Kier alpha value is -2.40. The van der Waals surface area contributed by atoms with Gasteiger partial charge in [-0.3, -0.25) is 9.36 Å². The summed E-state index contributed by atoms with van der Waals surface area (Å²) in [7, 11) is 0. The molecule has 1 heterocycles. The van der Waals surface area contributed by atoms with Gasteiger partial charge in [-0.1, -0.05) is 6.07 Å². The second-order valence-electron chi connectivity index (χ2n) is 4.17. The highest BCUT2D eigenvalue weighted by molar-refractivity contribution is 6.29. The van der Waals surface area contributed by atoms with E-state index in [1.807, 2.05) is 0 Å². The van der Waals surface area contributed by atoms with Crippen LogP contribution in [-0.2, 0) is 0 Å². The second kappa shape index (κ2) is 4.61. The van der Waals surface area contributed by atoms with E-state index in [-0.39, 0.29) is 21.9 Å². The Morgan fingerprint density at radius 2 is 1.85 bits per heavy atom. The van der Waals surface area contributed by atoms with Crippen LogP contribution in [0.2, 0.25) is 5.28 Å². The molecule has 100 valence electrons. The lowest BCUT2D eigenvalue weighted by molar-refractivity contribution is 0.480. The number of rotatable bonds is 1. The number of hydrogen-bond acceptors (Lipinski definition) is 3. The first-order valence-corrected chi connectivity index (χ1v) is 6.12. The highest BCUT2D eigenvalue weighted by Crippen LogP contribution is 2.22. The Balaban J connectivity index is 2.37. The Kier molecular flexibility index (Phi) is 2.91. The standard InChI is InChI=1S/C14H8ClFN2O2/c15-14-17-12-10(2-1-3-11(12)19)13(20)18(14)9-6-4-8(16)5-7-9/h1-7,19H. The molecule has 0 aliphatic heterocycles. The van der Waals surface area contributed by atoms with Crippen molar-refractivity contribution in [3.63, 3.8) is 0 Å². The molecule has 6 heteroatoms. The van der Waals surface area contributed by atoms with Crippen molar-refractivity contribution >= 4 is 22.5 Å². The molecule has 0 saturated heterocycles. The van der Waals surface area contributed by atoms with Gasteiger partial charge in [-0.2, -0.15) is 0 Å². The van der Waals surface area contributed by atoms with Crippen molar-refractivity contribution in [3.8, 4) is 11.4 Å². The summed E-state index contributed by atoms with van der Waals surface area (Å²) < 4.78 is 14.1. The van der Waals surface area contributed by atoms with Gasteiger partial charge in [0.1, 0.15) is 17.1 Å². The summed E-state index contributed by atoms with van der Waals surface area (Å²) in [5, 5.41) is 9.83. The molecule has 0 radical (unpaired) electrons. The van der Waals surface area contributed by atoms with Crippen LogP contribution in [0.15, 0.2) is 47.3 Å². The zero-order valence-electron chi connectivity index (χ0n) is 10.0. The van der Waals surface area contributed by atoms with Gasteiger partial charge in [0.05, 0.1) is 11.1 Å². The SMILES string of the molecule is O=c1c2cccc(O)c2nc(Cl)n1-c1ccc(F)cc1. The normalized spacial score (nSPS) is 10.9. The van der Waals surface area contributed by atoms with Crippen molar-refractivity contribution in [2.75, 3.05) is 0 Å². The summed E-state index contributed by atoms with van der Waals surface area (Å²) in [6, 6.07) is 9.82. The Bertz CT molecular complexity index is 859. The fourth-order valence-electron chi connectivity index (χ4n) is 1.98. The van der Waals surface area contributed by atoms with Crippen LogP contribution in [0.1, 0.15) is 0 Å². The number of benzene rings is 2. The molecule has 0 amide bonds. The number of phenols is 1. The first kappa shape index (κ1) is 12.6.